The van der Waals surface area contributed by atoms with E-state index in [1.54, 1.807) is 0 Å². The van der Waals surface area contributed by atoms with Crippen molar-refractivity contribution in [2.45, 2.75) is 87.5 Å². The predicted molar refractivity (Wildman–Crippen MR) is 87.8 cm³/mol. The Bertz CT molecular complexity index is 366. The molecule has 2 unspecified atom stereocenters. The van der Waals surface area contributed by atoms with Gasteiger partial charge in [0.1, 0.15) is 5.54 Å². The summed E-state index contributed by atoms with van der Waals surface area (Å²) in [4.78, 5) is 11.9. The Hall–Kier alpha value is -0.220. The number of thioether (sulfide) groups is 1. The van der Waals surface area contributed by atoms with Crippen LogP contribution in [0.4, 0.5) is 0 Å². The van der Waals surface area contributed by atoms with Gasteiger partial charge in [0.25, 0.3) is 0 Å². The molecule has 21 heavy (non-hydrogen) atoms. The van der Waals surface area contributed by atoms with Crippen molar-refractivity contribution >= 4 is 17.7 Å². The third-order valence-electron chi connectivity index (χ3n) is 5.61. The van der Waals surface area contributed by atoms with Crippen LogP contribution < -0.4 is 5.32 Å². The minimum absolute atomic E-state index is 0.340. The minimum Gasteiger partial charge on any atom is -0.480 e. The van der Waals surface area contributed by atoms with Gasteiger partial charge in [-0.05, 0) is 56.6 Å². The second kappa shape index (κ2) is 6.91. The minimum atomic E-state index is -0.603. The molecule has 0 aromatic rings. The standard InChI is InChI=1S/C17H29NO2S/c19-16(20)17(18-14-8-9-14)11-4-5-13(17)10-12-21-15-6-2-1-3-7-15/h13-15,18H,1-12H2,(H,19,20). The Balaban J connectivity index is 1.51. The van der Waals surface area contributed by atoms with Crippen molar-refractivity contribution in [2.75, 3.05) is 5.75 Å². The lowest BCUT2D eigenvalue weighted by molar-refractivity contribution is -0.146. The second-order valence-corrected chi connectivity index (χ2v) is 8.61. The first-order valence-corrected chi connectivity index (χ1v) is 9.88. The van der Waals surface area contributed by atoms with Crippen LogP contribution in [0.1, 0.15) is 70.6 Å². The smallest absolute Gasteiger partial charge is 0.324 e. The molecule has 0 aromatic carbocycles. The van der Waals surface area contributed by atoms with Crippen LogP contribution in [0.5, 0.6) is 0 Å². The highest BCUT2D eigenvalue weighted by Crippen LogP contribution is 2.42. The van der Waals surface area contributed by atoms with E-state index in [1.165, 1.54) is 44.9 Å². The molecule has 0 aromatic heterocycles. The van der Waals surface area contributed by atoms with Gasteiger partial charge in [0.15, 0.2) is 0 Å². The maximum absolute atomic E-state index is 11.9. The van der Waals surface area contributed by atoms with E-state index in [-0.39, 0.29) is 0 Å². The van der Waals surface area contributed by atoms with Crippen molar-refractivity contribution in [3.63, 3.8) is 0 Å². The fraction of sp³-hybridized carbons (Fsp3) is 0.941. The van der Waals surface area contributed by atoms with Gasteiger partial charge < -0.3 is 5.11 Å². The molecule has 2 atom stereocenters. The van der Waals surface area contributed by atoms with Crippen LogP contribution in [0.2, 0.25) is 0 Å². The molecular formula is C17H29NO2S. The number of carboxylic acids is 1. The van der Waals surface area contributed by atoms with Crippen LogP contribution in [0.25, 0.3) is 0 Å². The molecule has 120 valence electrons. The van der Waals surface area contributed by atoms with Gasteiger partial charge in [-0.2, -0.15) is 11.8 Å². The van der Waals surface area contributed by atoms with Gasteiger partial charge in [0, 0.05) is 11.3 Å². The van der Waals surface area contributed by atoms with E-state index in [0.717, 1.165) is 36.7 Å². The van der Waals surface area contributed by atoms with Gasteiger partial charge in [0.05, 0.1) is 0 Å². The second-order valence-electron chi connectivity index (χ2n) is 7.20. The summed E-state index contributed by atoms with van der Waals surface area (Å²) in [6.07, 6.45) is 13.4. The largest absolute Gasteiger partial charge is 0.480 e. The monoisotopic (exact) mass is 311 g/mol. The predicted octanol–water partition coefficient (Wildman–Crippen LogP) is 3.82. The molecule has 3 nitrogen and oxygen atoms in total. The zero-order valence-electron chi connectivity index (χ0n) is 13.0. The third kappa shape index (κ3) is 3.76. The quantitative estimate of drug-likeness (QED) is 0.750. The molecule has 3 aliphatic carbocycles. The number of rotatable bonds is 7. The molecule has 3 rings (SSSR count). The Morgan fingerprint density at radius 3 is 2.52 bits per heavy atom. The van der Waals surface area contributed by atoms with Crippen molar-refractivity contribution in [1.82, 2.24) is 5.32 Å². The maximum Gasteiger partial charge on any atom is 0.324 e. The number of hydrogen-bond donors (Lipinski definition) is 2. The summed E-state index contributed by atoms with van der Waals surface area (Å²) in [6.45, 7) is 0. The first kappa shape index (κ1) is 15.7. The Morgan fingerprint density at radius 1 is 1.10 bits per heavy atom. The first-order valence-electron chi connectivity index (χ1n) is 8.83. The van der Waals surface area contributed by atoms with E-state index in [9.17, 15) is 9.90 Å². The van der Waals surface area contributed by atoms with Crippen LogP contribution in [0.15, 0.2) is 0 Å². The lowest BCUT2D eigenvalue weighted by atomic mass is 9.85. The molecule has 3 fully saturated rings. The normalized spacial score (nSPS) is 34.2. The molecule has 4 heteroatoms. The van der Waals surface area contributed by atoms with Crippen LogP contribution >= 0.6 is 11.8 Å². The van der Waals surface area contributed by atoms with Crippen molar-refractivity contribution in [2.24, 2.45) is 5.92 Å². The van der Waals surface area contributed by atoms with Crippen molar-refractivity contribution in [3.05, 3.63) is 0 Å². The summed E-state index contributed by atoms with van der Waals surface area (Å²) >= 11 is 2.11. The molecule has 0 aliphatic heterocycles. The van der Waals surface area contributed by atoms with E-state index in [1.807, 2.05) is 0 Å². The van der Waals surface area contributed by atoms with E-state index in [2.05, 4.69) is 17.1 Å². The maximum atomic E-state index is 11.9. The average Bonchev–Trinajstić information content (AvgIpc) is 3.20. The molecule has 2 N–H and O–H groups in total. The fourth-order valence-electron chi connectivity index (χ4n) is 4.20. The molecule has 0 radical (unpaired) electrons. The molecular weight excluding hydrogens is 282 g/mol. The average molecular weight is 311 g/mol. The van der Waals surface area contributed by atoms with Crippen LogP contribution in [-0.2, 0) is 4.79 Å². The molecule has 3 saturated carbocycles. The molecule has 0 heterocycles. The first-order chi connectivity index (χ1) is 10.2. The van der Waals surface area contributed by atoms with E-state index in [4.69, 9.17) is 0 Å². The van der Waals surface area contributed by atoms with Gasteiger partial charge in [0.2, 0.25) is 0 Å². The lowest BCUT2D eigenvalue weighted by Gasteiger charge is -2.33. The van der Waals surface area contributed by atoms with Gasteiger partial charge in [-0.3, -0.25) is 10.1 Å². The number of aliphatic carboxylic acids is 1. The molecule has 0 amide bonds. The van der Waals surface area contributed by atoms with Crippen molar-refractivity contribution < 1.29 is 9.90 Å². The summed E-state index contributed by atoms with van der Waals surface area (Å²) < 4.78 is 0. The topological polar surface area (TPSA) is 49.3 Å². The number of nitrogens with one attached hydrogen (secondary N) is 1. The van der Waals surface area contributed by atoms with Crippen LogP contribution in [0.3, 0.4) is 0 Å². The van der Waals surface area contributed by atoms with Gasteiger partial charge >= 0.3 is 5.97 Å². The summed E-state index contributed by atoms with van der Waals surface area (Å²) in [7, 11) is 0. The van der Waals surface area contributed by atoms with Crippen molar-refractivity contribution in [1.29, 1.82) is 0 Å². The summed E-state index contributed by atoms with van der Waals surface area (Å²) in [6, 6.07) is 0.479. The number of carbonyl (C=O) groups is 1. The SMILES string of the molecule is O=C(O)C1(NC2CC2)CCCC1CCSC1CCCCC1. The van der Waals surface area contributed by atoms with Crippen molar-refractivity contribution in [3.8, 4) is 0 Å². The van der Waals surface area contributed by atoms with Gasteiger partial charge in [-0.15, -0.1) is 0 Å². The lowest BCUT2D eigenvalue weighted by Crippen LogP contribution is -2.55. The van der Waals surface area contributed by atoms with Crippen LogP contribution in [-0.4, -0.2) is 33.7 Å². The highest BCUT2D eigenvalue weighted by atomic mass is 32.2. The summed E-state index contributed by atoms with van der Waals surface area (Å²) in [5, 5.41) is 14.1. The van der Waals surface area contributed by atoms with Crippen LogP contribution in [0, 0.1) is 5.92 Å². The number of hydrogen-bond acceptors (Lipinski definition) is 3. The van der Waals surface area contributed by atoms with Gasteiger partial charge in [-0.25, -0.2) is 0 Å². The Kier molecular flexibility index (Phi) is 5.15. The van der Waals surface area contributed by atoms with E-state index in [0.29, 0.717) is 12.0 Å². The van der Waals surface area contributed by atoms with E-state index < -0.39 is 11.5 Å². The number of carboxylic acid groups (broad SMARTS) is 1. The molecule has 3 aliphatic rings. The fourth-order valence-corrected chi connectivity index (χ4v) is 5.62. The summed E-state index contributed by atoms with van der Waals surface area (Å²) in [5.41, 5.74) is -0.603. The van der Waals surface area contributed by atoms with Gasteiger partial charge in [-0.1, -0.05) is 25.7 Å². The highest BCUT2D eigenvalue weighted by Gasteiger charge is 2.50. The third-order valence-corrected chi connectivity index (χ3v) is 7.03. The zero-order valence-corrected chi connectivity index (χ0v) is 13.8. The van der Waals surface area contributed by atoms with E-state index >= 15 is 0 Å². The Morgan fingerprint density at radius 2 is 1.86 bits per heavy atom. The molecule has 0 bridgehead atoms. The zero-order chi connectivity index (χ0) is 14.7. The molecule has 0 spiro atoms. The summed E-state index contributed by atoms with van der Waals surface area (Å²) in [5.74, 6) is 0.891. The molecule has 0 saturated heterocycles. The highest BCUT2D eigenvalue weighted by molar-refractivity contribution is 7.99. The Labute approximate surface area is 132 Å².